The van der Waals surface area contributed by atoms with E-state index >= 15 is 0 Å². The van der Waals surface area contributed by atoms with Crippen LogP contribution in [0.25, 0.3) is 0 Å². The van der Waals surface area contributed by atoms with Crippen LogP contribution < -0.4 is 0 Å². The highest BCUT2D eigenvalue weighted by Gasteiger charge is 2.19. The first-order chi connectivity index (χ1) is 10.9. The molecule has 1 aliphatic rings. The molecule has 1 unspecified atom stereocenters. The summed E-state index contributed by atoms with van der Waals surface area (Å²) in [6.45, 7) is 3.82. The van der Waals surface area contributed by atoms with Crippen molar-refractivity contribution >= 4 is 0 Å². The fraction of sp³-hybridized carbons (Fsp3) is 0.429. The molecule has 1 heteroatoms. The van der Waals surface area contributed by atoms with Gasteiger partial charge in [0, 0.05) is 6.54 Å². The summed E-state index contributed by atoms with van der Waals surface area (Å²) in [5.74, 6) is 0.841. The SMILES string of the molecule is c1ccc(CCCN2CCCC(Cc3ccccc3)C2)cc1. The quantitative estimate of drug-likeness (QED) is 0.754. The normalized spacial score (nSPS) is 19.2. The minimum Gasteiger partial charge on any atom is -0.303 e. The summed E-state index contributed by atoms with van der Waals surface area (Å²) in [6.07, 6.45) is 6.49. The topological polar surface area (TPSA) is 3.24 Å². The Labute approximate surface area is 135 Å². The molecule has 1 aliphatic heterocycles. The lowest BCUT2D eigenvalue weighted by molar-refractivity contribution is 0.172. The van der Waals surface area contributed by atoms with Crippen molar-refractivity contribution in [3.63, 3.8) is 0 Å². The van der Waals surface area contributed by atoms with Crippen molar-refractivity contribution in [2.45, 2.75) is 32.1 Å². The lowest BCUT2D eigenvalue weighted by atomic mass is 9.91. The van der Waals surface area contributed by atoms with Crippen molar-refractivity contribution in [1.29, 1.82) is 0 Å². The van der Waals surface area contributed by atoms with Crippen molar-refractivity contribution in [3.05, 3.63) is 71.8 Å². The van der Waals surface area contributed by atoms with Crippen molar-refractivity contribution in [2.75, 3.05) is 19.6 Å². The van der Waals surface area contributed by atoms with Crippen LogP contribution in [0.4, 0.5) is 0 Å². The third-order valence-electron chi connectivity index (χ3n) is 4.75. The predicted octanol–water partition coefficient (Wildman–Crippen LogP) is 4.57. The summed E-state index contributed by atoms with van der Waals surface area (Å²) < 4.78 is 0. The Hall–Kier alpha value is -1.60. The molecule has 0 amide bonds. The fourth-order valence-corrected chi connectivity index (χ4v) is 3.62. The van der Waals surface area contributed by atoms with Gasteiger partial charge < -0.3 is 4.90 Å². The molecule has 0 spiro atoms. The Morgan fingerprint density at radius 1 is 0.864 bits per heavy atom. The molecule has 0 aliphatic carbocycles. The molecule has 0 aromatic heterocycles. The first kappa shape index (κ1) is 15.3. The highest BCUT2D eigenvalue weighted by Crippen LogP contribution is 2.21. The van der Waals surface area contributed by atoms with E-state index in [1.54, 1.807) is 0 Å². The van der Waals surface area contributed by atoms with Gasteiger partial charge in [-0.2, -0.15) is 0 Å². The zero-order chi connectivity index (χ0) is 15.0. The Morgan fingerprint density at radius 2 is 1.55 bits per heavy atom. The van der Waals surface area contributed by atoms with Gasteiger partial charge in [0.2, 0.25) is 0 Å². The summed E-state index contributed by atoms with van der Waals surface area (Å²) in [4.78, 5) is 2.68. The lowest BCUT2D eigenvalue weighted by Gasteiger charge is -2.32. The maximum Gasteiger partial charge on any atom is 0.00128 e. The lowest BCUT2D eigenvalue weighted by Crippen LogP contribution is -2.37. The van der Waals surface area contributed by atoms with Crippen molar-refractivity contribution < 1.29 is 0 Å². The molecule has 2 aromatic carbocycles. The highest BCUT2D eigenvalue weighted by molar-refractivity contribution is 5.16. The molecule has 0 saturated carbocycles. The van der Waals surface area contributed by atoms with Crippen molar-refractivity contribution in [3.8, 4) is 0 Å². The van der Waals surface area contributed by atoms with E-state index in [1.165, 1.54) is 62.9 Å². The van der Waals surface area contributed by atoms with Crippen LogP contribution in [0.15, 0.2) is 60.7 Å². The van der Waals surface area contributed by atoms with Crippen molar-refractivity contribution in [2.24, 2.45) is 5.92 Å². The summed E-state index contributed by atoms with van der Waals surface area (Å²) in [5, 5.41) is 0. The molecular weight excluding hydrogens is 266 g/mol. The average molecular weight is 293 g/mol. The van der Waals surface area contributed by atoms with Gasteiger partial charge in [-0.15, -0.1) is 0 Å². The number of hydrogen-bond donors (Lipinski definition) is 0. The molecule has 0 bridgehead atoms. The van der Waals surface area contributed by atoms with E-state index in [1.807, 2.05) is 0 Å². The average Bonchev–Trinajstić information content (AvgIpc) is 2.57. The first-order valence-electron chi connectivity index (χ1n) is 8.70. The van der Waals surface area contributed by atoms with Gasteiger partial charge >= 0.3 is 0 Å². The Kier molecular flexibility index (Phi) is 5.66. The molecule has 0 N–H and O–H groups in total. The summed E-state index contributed by atoms with van der Waals surface area (Å²) in [5.41, 5.74) is 2.97. The van der Waals surface area contributed by atoms with Gasteiger partial charge in [-0.1, -0.05) is 60.7 Å². The van der Waals surface area contributed by atoms with Crippen molar-refractivity contribution in [1.82, 2.24) is 4.90 Å². The van der Waals surface area contributed by atoms with Gasteiger partial charge in [-0.25, -0.2) is 0 Å². The van der Waals surface area contributed by atoms with Crippen LogP contribution in [0.5, 0.6) is 0 Å². The maximum atomic E-state index is 2.68. The van der Waals surface area contributed by atoms with E-state index in [-0.39, 0.29) is 0 Å². The molecule has 2 aromatic rings. The number of rotatable bonds is 6. The molecule has 1 fully saturated rings. The highest BCUT2D eigenvalue weighted by atomic mass is 15.1. The zero-order valence-corrected chi connectivity index (χ0v) is 13.5. The second-order valence-corrected chi connectivity index (χ2v) is 6.59. The molecule has 116 valence electrons. The third kappa shape index (κ3) is 4.71. The third-order valence-corrected chi connectivity index (χ3v) is 4.75. The molecule has 1 nitrogen and oxygen atoms in total. The maximum absolute atomic E-state index is 2.68. The van der Waals surface area contributed by atoms with E-state index in [2.05, 4.69) is 65.6 Å². The molecule has 1 atom stereocenters. The molecule has 3 rings (SSSR count). The summed E-state index contributed by atoms with van der Waals surface area (Å²) >= 11 is 0. The van der Waals surface area contributed by atoms with Gasteiger partial charge in [0.25, 0.3) is 0 Å². The van der Waals surface area contributed by atoms with E-state index in [4.69, 9.17) is 0 Å². The summed E-state index contributed by atoms with van der Waals surface area (Å²) in [7, 11) is 0. The summed E-state index contributed by atoms with van der Waals surface area (Å²) in [6, 6.07) is 21.9. The van der Waals surface area contributed by atoms with E-state index in [0.29, 0.717) is 0 Å². The van der Waals surface area contributed by atoms with Crippen LogP contribution in [0, 0.1) is 5.92 Å². The number of aryl methyl sites for hydroxylation is 1. The number of likely N-dealkylation sites (tertiary alicyclic amines) is 1. The molecule has 1 heterocycles. The minimum atomic E-state index is 0.841. The number of benzene rings is 2. The van der Waals surface area contributed by atoms with Crippen LogP contribution in [-0.2, 0) is 12.8 Å². The monoisotopic (exact) mass is 293 g/mol. The van der Waals surface area contributed by atoms with Crippen LogP contribution in [0.1, 0.15) is 30.4 Å². The van der Waals surface area contributed by atoms with Crippen LogP contribution in [0.3, 0.4) is 0 Å². The zero-order valence-electron chi connectivity index (χ0n) is 13.5. The predicted molar refractivity (Wildman–Crippen MR) is 94.1 cm³/mol. The largest absolute Gasteiger partial charge is 0.303 e. The standard InChI is InChI=1S/C21H27N/c1-3-9-19(10-4-1)13-7-15-22-16-8-14-21(18-22)17-20-11-5-2-6-12-20/h1-6,9-12,21H,7-8,13-18H2. The first-order valence-corrected chi connectivity index (χ1v) is 8.70. The second-order valence-electron chi connectivity index (χ2n) is 6.59. The minimum absolute atomic E-state index is 0.841. The Morgan fingerprint density at radius 3 is 2.27 bits per heavy atom. The molecule has 0 radical (unpaired) electrons. The Bertz CT molecular complexity index is 534. The number of hydrogen-bond acceptors (Lipinski definition) is 1. The molecule has 22 heavy (non-hydrogen) atoms. The second kappa shape index (κ2) is 8.14. The smallest absolute Gasteiger partial charge is 0.00128 e. The van der Waals surface area contributed by atoms with E-state index in [9.17, 15) is 0 Å². The number of piperidine rings is 1. The van der Waals surface area contributed by atoms with Gasteiger partial charge in [0.15, 0.2) is 0 Å². The van der Waals surface area contributed by atoms with Gasteiger partial charge in [0.1, 0.15) is 0 Å². The van der Waals surface area contributed by atoms with Gasteiger partial charge in [-0.05, 0) is 62.2 Å². The van der Waals surface area contributed by atoms with Crippen LogP contribution >= 0.6 is 0 Å². The van der Waals surface area contributed by atoms with Crippen LogP contribution in [0.2, 0.25) is 0 Å². The Balaban J connectivity index is 1.42. The van der Waals surface area contributed by atoms with Gasteiger partial charge in [-0.3, -0.25) is 0 Å². The molecule has 1 saturated heterocycles. The fourth-order valence-electron chi connectivity index (χ4n) is 3.62. The van der Waals surface area contributed by atoms with Gasteiger partial charge in [0.05, 0.1) is 0 Å². The van der Waals surface area contributed by atoms with E-state index < -0.39 is 0 Å². The number of nitrogens with zero attached hydrogens (tertiary/aromatic N) is 1. The van der Waals surface area contributed by atoms with E-state index in [0.717, 1.165) is 5.92 Å². The van der Waals surface area contributed by atoms with Crippen LogP contribution in [-0.4, -0.2) is 24.5 Å². The molecular formula is C21H27N.